The van der Waals surface area contributed by atoms with E-state index in [0.717, 1.165) is 42.9 Å². The van der Waals surface area contributed by atoms with Gasteiger partial charge in [-0.25, -0.2) is 0 Å². The molecule has 0 aromatic heterocycles. The molecule has 146 valence electrons. The number of para-hydroxylation sites is 1. The SMILES string of the molecule is COC1CCC[N+](CCOc2c(C)cccc2C)(Cc2ccccc2)CC1. The molecule has 0 N–H and O–H groups in total. The first kappa shape index (κ1) is 19.9. The van der Waals surface area contributed by atoms with Gasteiger partial charge >= 0.3 is 0 Å². The quantitative estimate of drug-likeness (QED) is 0.647. The first-order valence-corrected chi connectivity index (χ1v) is 10.2. The number of hydrogen-bond acceptors (Lipinski definition) is 2. The molecule has 27 heavy (non-hydrogen) atoms. The molecule has 0 radical (unpaired) electrons. The molecule has 1 heterocycles. The maximum atomic E-state index is 6.28. The zero-order valence-electron chi connectivity index (χ0n) is 17.1. The topological polar surface area (TPSA) is 18.5 Å². The normalized spacial score (nSPS) is 23.0. The lowest BCUT2D eigenvalue weighted by atomic mass is 10.1. The minimum absolute atomic E-state index is 0.403. The van der Waals surface area contributed by atoms with Crippen LogP contribution >= 0.6 is 0 Å². The van der Waals surface area contributed by atoms with Crippen molar-refractivity contribution in [2.45, 2.75) is 45.8 Å². The molecule has 1 aliphatic heterocycles. The summed E-state index contributed by atoms with van der Waals surface area (Å²) in [4.78, 5) is 0. The third-order valence-corrected chi connectivity index (χ3v) is 6.00. The van der Waals surface area contributed by atoms with Crippen LogP contribution in [-0.2, 0) is 11.3 Å². The number of aryl methyl sites for hydroxylation is 2. The summed E-state index contributed by atoms with van der Waals surface area (Å²) < 4.78 is 13.1. The highest BCUT2D eigenvalue weighted by Gasteiger charge is 2.32. The van der Waals surface area contributed by atoms with Gasteiger partial charge in [-0.05, 0) is 37.8 Å². The van der Waals surface area contributed by atoms with Crippen molar-refractivity contribution >= 4 is 0 Å². The summed E-state index contributed by atoms with van der Waals surface area (Å²) in [6.07, 6.45) is 3.92. The first-order valence-electron chi connectivity index (χ1n) is 10.2. The zero-order chi connectivity index (χ0) is 19.1. The second-order valence-corrected chi connectivity index (χ2v) is 8.01. The number of likely N-dealkylation sites (tertiary alicyclic amines) is 1. The molecule has 2 atom stereocenters. The predicted octanol–water partition coefficient (Wildman–Crippen LogP) is 4.90. The first-order chi connectivity index (χ1) is 13.1. The molecule has 2 aromatic rings. The van der Waals surface area contributed by atoms with Crippen LogP contribution in [0.4, 0.5) is 0 Å². The highest BCUT2D eigenvalue weighted by molar-refractivity contribution is 5.39. The van der Waals surface area contributed by atoms with Crippen molar-refractivity contribution in [2.24, 2.45) is 0 Å². The summed E-state index contributed by atoms with van der Waals surface area (Å²) in [6, 6.07) is 17.3. The molecule has 3 heteroatoms. The van der Waals surface area contributed by atoms with Crippen molar-refractivity contribution in [3.05, 3.63) is 65.2 Å². The van der Waals surface area contributed by atoms with Crippen molar-refractivity contribution in [3.8, 4) is 5.75 Å². The lowest BCUT2D eigenvalue weighted by Crippen LogP contribution is -2.50. The Bertz CT molecular complexity index is 695. The number of nitrogens with zero attached hydrogens (tertiary/aromatic N) is 1. The average molecular weight is 369 g/mol. The Morgan fingerprint density at radius 1 is 0.926 bits per heavy atom. The fourth-order valence-electron chi connectivity index (χ4n) is 4.36. The van der Waals surface area contributed by atoms with Gasteiger partial charge in [0, 0.05) is 19.1 Å². The van der Waals surface area contributed by atoms with Gasteiger partial charge in [0.25, 0.3) is 0 Å². The van der Waals surface area contributed by atoms with Crippen molar-refractivity contribution in [1.29, 1.82) is 0 Å². The minimum atomic E-state index is 0.403. The third kappa shape index (κ3) is 5.33. The van der Waals surface area contributed by atoms with Crippen LogP contribution in [0.3, 0.4) is 0 Å². The molecule has 3 rings (SSSR count). The zero-order valence-corrected chi connectivity index (χ0v) is 17.1. The van der Waals surface area contributed by atoms with Crippen LogP contribution in [0.1, 0.15) is 36.0 Å². The molecule has 1 saturated heterocycles. The second-order valence-electron chi connectivity index (χ2n) is 8.01. The van der Waals surface area contributed by atoms with Crippen molar-refractivity contribution in [3.63, 3.8) is 0 Å². The number of rotatable bonds is 7. The number of quaternary nitrogens is 1. The Balaban J connectivity index is 1.71. The molecular weight excluding hydrogens is 334 g/mol. The van der Waals surface area contributed by atoms with Crippen molar-refractivity contribution < 1.29 is 14.0 Å². The maximum Gasteiger partial charge on any atom is 0.137 e. The molecular formula is C24H34NO2+. The van der Waals surface area contributed by atoms with Gasteiger partial charge in [0.1, 0.15) is 25.4 Å². The van der Waals surface area contributed by atoms with Crippen LogP contribution in [-0.4, -0.2) is 43.9 Å². The summed E-state index contributed by atoms with van der Waals surface area (Å²) >= 11 is 0. The highest BCUT2D eigenvalue weighted by Crippen LogP contribution is 2.26. The Hall–Kier alpha value is -1.84. The van der Waals surface area contributed by atoms with E-state index in [-0.39, 0.29) is 0 Å². The number of ether oxygens (including phenoxy) is 2. The fourth-order valence-corrected chi connectivity index (χ4v) is 4.36. The number of benzene rings is 2. The van der Waals surface area contributed by atoms with E-state index in [1.807, 2.05) is 7.11 Å². The molecule has 0 amide bonds. The Morgan fingerprint density at radius 2 is 1.67 bits per heavy atom. The smallest absolute Gasteiger partial charge is 0.137 e. The highest BCUT2D eigenvalue weighted by atomic mass is 16.5. The Kier molecular flexibility index (Phi) is 6.92. The summed E-state index contributed by atoms with van der Waals surface area (Å²) in [5.41, 5.74) is 3.86. The lowest BCUT2D eigenvalue weighted by molar-refractivity contribution is -0.940. The summed E-state index contributed by atoms with van der Waals surface area (Å²) in [6.45, 7) is 9.49. The van der Waals surface area contributed by atoms with Gasteiger partial charge in [0.2, 0.25) is 0 Å². The Morgan fingerprint density at radius 3 is 2.37 bits per heavy atom. The second kappa shape index (κ2) is 9.38. The van der Waals surface area contributed by atoms with Gasteiger partial charge in [-0.1, -0.05) is 48.5 Å². The molecule has 0 saturated carbocycles. The third-order valence-electron chi connectivity index (χ3n) is 6.00. The number of methoxy groups -OCH3 is 1. The summed E-state index contributed by atoms with van der Waals surface area (Å²) in [5, 5.41) is 0. The molecule has 0 bridgehead atoms. The van der Waals surface area contributed by atoms with E-state index in [4.69, 9.17) is 9.47 Å². The van der Waals surface area contributed by atoms with Gasteiger partial charge in [-0.3, -0.25) is 0 Å². The molecule has 1 aliphatic rings. The van der Waals surface area contributed by atoms with E-state index in [0.29, 0.717) is 6.10 Å². The average Bonchev–Trinajstić information content (AvgIpc) is 2.87. The maximum absolute atomic E-state index is 6.28. The molecule has 2 aromatic carbocycles. The van der Waals surface area contributed by atoms with Crippen LogP contribution < -0.4 is 4.74 Å². The monoisotopic (exact) mass is 368 g/mol. The Labute approximate surface area is 164 Å². The predicted molar refractivity (Wildman–Crippen MR) is 111 cm³/mol. The summed E-state index contributed by atoms with van der Waals surface area (Å²) in [5.74, 6) is 1.06. The van der Waals surface area contributed by atoms with Crippen molar-refractivity contribution in [2.75, 3.05) is 33.4 Å². The van der Waals surface area contributed by atoms with Crippen LogP contribution in [0, 0.1) is 13.8 Å². The van der Waals surface area contributed by atoms with E-state index in [9.17, 15) is 0 Å². The van der Waals surface area contributed by atoms with Crippen LogP contribution in [0.25, 0.3) is 0 Å². The van der Waals surface area contributed by atoms with Gasteiger partial charge < -0.3 is 14.0 Å². The standard InChI is InChI=1S/C24H34NO2/c1-20-9-7-10-21(2)24(20)27-18-17-25(19-22-11-5-4-6-12-22)15-8-13-23(26-3)14-16-25/h4-7,9-12,23H,8,13-19H2,1-3H3/q+1. The van der Waals surface area contributed by atoms with E-state index in [1.165, 1.54) is 36.1 Å². The number of hydrogen-bond donors (Lipinski definition) is 0. The molecule has 0 aliphatic carbocycles. The van der Waals surface area contributed by atoms with E-state index in [2.05, 4.69) is 62.4 Å². The van der Waals surface area contributed by atoms with Gasteiger partial charge in [-0.15, -0.1) is 0 Å². The van der Waals surface area contributed by atoms with Crippen LogP contribution in [0.2, 0.25) is 0 Å². The van der Waals surface area contributed by atoms with Crippen molar-refractivity contribution in [1.82, 2.24) is 0 Å². The molecule has 0 spiro atoms. The fraction of sp³-hybridized carbons (Fsp3) is 0.500. The lowest BCUT2D eigenvalue weighted by Gasteiger charge is -2.38. The molecule has 3 nitrogen and oxygen atoms in total. The largest absolute Gasteiger partial charge is 0.487 e. The van der Waals surface area contributed by atoms with Crippen LogP contribution in [0.5, 0.6) is 5.75 Å². The summed E-state index contributed by atoms with van der Waals surface area (Å²) in [7, 11) is 1.85. The van der Waals surface area contributed by atoms with Gasteiger partial charge in [-0.2, -0.15) is 0 Å². The minimum Gasteiger partial charge on any atom is -0.487 e. The molecule has 1 fully saturated rings. The van der Waals surface area contributed by atoms with E-state index < -0.39 is 0 Å². The molecule has 2 unspecified atom stereocenters. The van der Waals surface area contributed by atoms with E-state index in [1.54, 1.807) is 0 Å². The van der Waals surface area contributed by atoms with Crippen LogP contribution in [0.15, 0.2) is 48.5 Å². The van der Waals surface area contributed by atoms with Gasteiger partial charge in [0.15, 0.2) is 0 Å². The van der Waals surface area contributed by atoms with E-state index >= 15 is 0 Å². The van der Waals surface area contributed by atoms with Gasteiger partial charge in [0.05, 0.1) is 19.2 Å².